The molecule has 6 heterocycles. The first-order valence-corrected chi connectivity index (χ1v) is 8.24. The second kappa shape index (κ2) is 7.87. The average Bonchev–Trinajstić information content (AvgIpc) is 3.48. The van der Waals surface area contributed by atoms with Crippen molar-refractivity contribution in [2.75, 3.05) is 0 Å². The van der Waals surface area contributed by atoms with Crippen LogP contribution in [0.3, 0.4) is 0 Å². The number of aromatic nitrogens is 8. The number of fused-ring (bicyclic) bond motifs is 3. The van der Waals surface area contributed by atoms with E-state index in [1.165, 1.54) is 0 Å². The second-order valence-corrected chi connectivity index (χ2v) is 5.44. The lowest BCUT2D eigenvalue weighted by Gasteiger charge is -1.86. The van der Waals surface area contributed by atoms with Gasteiger partial charge in [0, 0.05) is 55.8 Å². The number of nitrogens with zero attached hydrogens (tertiary/aromatic N) is 8. The molecule has 6 rings (SSSR count). The predicted octanol–water partition coefficient (Wildman–Crippen LogP) is 2.79. The molecular formula is C19H16N8. The summed E-state index contributed by atoms with van der Waals surface area (Å²) in [5.41, 5.74) is 2.96. The van der Waals surface area contributed by atoms with Crippen LogP contribution in [0.15, 0.2) is 98.6 Å². The zero-order valence-electron chi connectivity index (χ0n) is 14.3. The third-order valence-electron chi connectivity index (χ3n) is 3.71. The smallest absolute Gasteiger partial charge is 0.155 e. The number of hydrogen-bond acceptors (Lipinski definition) is 5. The lowest BCUT2D eigenvalue weighted by atomic mass is 10.4. The summed E-state index contributed by atoms with van der Waals surface area (Å²) in [6.45, 7) is 0. The van der Waals surface area contributed by atoms with Gasteiger partial charge < -0.3 is 4.40 Å². The molecule has 132 valence electrons. The van der Waals surface area contributed by atoms with Crippen LogP contribution in [0, 0.1) is 0 Å². The fraction of sp³-hybridized carbons (Fsp3) is 0. The Hall–Kier alpha value is -4.07. The van der Waals surface area contributed by atoms with E-state index in [1.54, 1.807) is 43.5 Å². The Morgan fingerprint density at radius 2 is 1.48 bits per heavy atom. The number of hydrogen-bond donors (Lipinski definition) is 0. The largest absolute Gasteiger partial charge is 0.304 e. The first-order valence-electron chi connectivity index (χ1n) is 8.24. The van der Waals surface area contributed by atoms with Gasteiger partial charge in [-0.15, -0.1) is 0 Å². The highest BCUT2D eigenvalue weighted by Gasteiger charge is 1.87. The Kier molecular flexibility index (Phi) is 4.78. The Balaban J connectivity index is 0.0000001000. The summed E-state index contributed by atoms with van der Waals surface area (Å²) < 4.78 is 5.60. The van der Waals surface area contributed by atoms with E-state index in [-0.39, 0.29) is 0 Å². The van der Waals surface area contributed by atoms with E-state index >= 15 is 0 Å². The summed E-state index contributed by atoms with van der Waals surface area (Å²) >= 11 is 0. The second-order valence-electron chi connectivity index (χ2n) is 5.44. The summed E-state index contributed by atoms with van der Waals surface area (Å²) in [6.07, 6.45) is 19.7. The number of pyridine rings is 1. The molecule has 0 aliphatic rings. The normalized spacial score (nSPS) is 10.2. The highest BCUT2D eigenvalue weighted by molar-refractivity contribution is 5.44. The monoisotopic (exact) mass is 356 g/mol. The molecule has 0 aliphatic heterocycles. The molecule has 0 saturated heterocycles. The molecule has 8 nitrogen and oxygen atoms in total. The quantitative estimate of drug-likeness (QED) is 0.418. The lowest BCUT2D eigenvalue weighted by Crippen LogP contribution is -1.81. The van der Waals surface area contributed by atoms with Crippen molar-refractivity contribution in [2.45, 2.75) is 0 Å². The van der Waals surface area contributed by atoms with E-state index in [0.717, 1.165) is 16.8 Å². The van der Waals surface area contributed by atoms with Gasteiger partial charge in [-0.1, -0.05) is 6.07 Å². The maximum atomic E-state index is 4.04. The van der Waals surface area contributed by atoms with Crippen molar-refractivity contribution >= 4 is 16.8 Å². The Morgan fingerprint density at radius 3 is 2.33 bits per heavy atom. The Labute approximate surface area is 154 Å². The molecule has 27 heavy (non-hydrogen) atoms. The van der Waals surface area contributed by atoms with Crippen molar-refractivity contribution in [3.05, 3.63) is 98.6 Å². The van der Waals surface area contributed by atoms with E-state index in [0.29, 0.717) is 0 Å². The highest BCUT2D eigenvalue weighted by Crippen LogP contribution is 1.98. The van der Waals surface area contributed by atoms with Crippen molar-refractivity contribution in [3.8, 4) is 0 Å². The van der Waals surface area contributed by atoms with Gasteiger partial charge in [-0.3, -0.25) is 9.38 Å². The lowest BCUT2D eigenvalue weighted by molar-refractivity contribution is 0.961. The summed E-state index contributed by atoms with van der Waals surface area (Å²) in [7, 11) is 0. The average molecular weight is 356 g/mol. The first-order chi connectivity index (χ1) is 13.4. The third kappa shape index (κ3) is 3.96. The molecule has 0 N–H and O–H groups in total. The van der Waals surface area contributed by atoms with Gasteiger partial charge in [0.2, 0.25) is 0 Å². The molecule has 0 unspecified atom stereocenters. The van der Waals surface area contributed by atoms with Gasteiger partial charge in [0.25, 0.3) is 0 Å². The van der Waals surface area contributed by atoms with Crippen molar-refractivity contribution in [3.63, 3.8) is 0 Å². The van der Waals surface area contributed by atoms with Crippen LogP contribution in [0.4, 0.5) is 0 Å². The van der Waals surface area contributed by atoms with Gasteiger partial charge in [-0.25, -0.2) is 19.5 Å². The van der Waals surface area contributed by atoms with Crippen LogP contribution in [-0.2, 0) is 0 Å². The Morgan fingerprint density at radius 1 is 0.630 bits per heavy atom. The maximum Gasteiger partial charge on any atom is 0.155 e. The summed E-state index contributed by atoms with van der Waals surface area (Å²) in [5.74, 6) is 0. The molecule has 0 radical (unpaired) electrons. The minimum absolute atomic E-state index is 0.887. The molecule has 0 fully saturated rings. The van der Waals surface area contributed by atoms with Crippen LogP contribution in [0.2, 0.25) is 0 Å². The topological polar surface area (TPSA) is 77.7 Å². The number of rotatable bonds is 0. The van der Waals surface area contributed by atoms with Crippen LogP contribution < -0.4 is 0 Å². The van der Waals surface area contributed by atoms with Crippen molar-refractivity contribution < 1.29 is 0 Å². The van der Waals surface area contributed by atoms with Crippen LogP contribution in [0.25, 0.3) is 16.8 Å². The molecule has 0 atom stereocenters. The molecule has 6 aromatic heterocycles. The molecule has 0 bridgehead atoms. The Bertz CT molecular complexity index is 1000. The van der Waals surface area contributed by atoms with Gasteiger partial charge >= 0.3 is 0 Å². The number of imidazole rings is 2. The summed E-state index contributed by atoms with van der Waals surface area (Å²) in [6, 6.07) is 9.81. The zero-order chi connectivity index (χ0) is 18.3. The van der Waals surface area contributed by atoms with Crippen LogP contribution in [0.1, 0.15) is 0 Å². The van der Waals surface area contributed by atoms with Crippen molar-refractivity contribution in [1.82, 2.24) is 38.4 Å². The van der Waals surface area contributed by atoms with E-state index in [2.05, 4.69) is 25.0 Å². The van der Waals surface area contributed by atoms with Gasteiger partial charge in [0.15, 0.2) is 5.65 Å². The van der Waals surface area contributed by atoms with Crippen LogP contribution in [-0.4, -0.2) is 38.4 Å². The summed E-state index contributed by atoms with van der Waals surface area (Å²) in [5, 5.41) is 4.04. The summed E-state index contributed by atoms with van der Waals surface area (Å²) in [4.78, 5) is 15.9. The van der Waals surface area contributed by atoms with Gasteiger partial charge in [-0.05, 0) is 24.3 Å². The fourth-order valence-electron chi connectivity index (χ4n) is 2.41. The van der Waals surface area contributed by atoms with Crippen molar-refractivity contribution in [2.24, 2.45) is 0 Å². The third-order valence-corrected chi connectivity index (χ3v) is 3.71. The fourth-order valence-corrected chi connectivity index (χ4v) is 2.41. The molecule has 0 aromatic carbocycles. The zero-order valence-corrected chi connectivity index (χ0v) is 14.3. The first kappa shape index (κ1) is 16.4. The van der Waals surface area contributed by atoms with E-state index in [9.17, 15) is 0 Å². The molecule has 8 heteroatoms. The van der Waals surface area contributed by atoms with Gasteiger partial charge in [-0.2, -0.15) is 5.10 Å². The van der Waals surface area contributed by atoms with Gasteiger partial charge in [0.05, 0.1) is 11.7 Å². The van der Waals surface area contributed by atoms with E-state index < -0.39 is 0 Å². The SMILES string of the molecule is c1cc2nccn2cn1.c1ccn2nccc2c1.c1cn2ccnc2cn1. The molecule has 0 spiro atoms. The van der Waals surface area contributed by atoms with E-state index in [1.807, 2.05) is 68.4 Å². The van der Waals surface area contributed by atoms with Gasteiger partial charge in [0.1, 0.15) is 12.0 Å². The van der Waals surface area contributed by atoms with E-state index in [4.69, 9.17) is 0 Å². The molecule has 6 aromatic rings. The molecule has 0 aliphatic carbocycles. The molecular weight excluding hydrogens is 340 g/mol. The maximum absolute atomic E-state index is 4.04. The van der Waals surface area contributed by atoms with Crippen LogP contribution in [0.5, 0.6) is 0 Å². The minimum atomic E-state index is 0.887. The highest BCUT2D eigenvalue weighted by atomic mass is 15.2. The predicted molar refractivity (Wildman–Crippen MR) is 101 cm³/mol. The van der Waals surface area contributed by atoms with Crippen LogP contribution >= 0.6 is 0 Å². The molecule has 0 amide bonds. The molecule has 0 saturated carbocycles. The minimum Gasteiger partial charge on any atom is -0.304 e. The standard InChI is InChI=1S/C7H6N2.2C6H5N3/c1-2-6-9-7(3-1)4-5-8-9;1-3-9-4-2-8-6(9)5-7-1;1-2-7-5-9-4-3-8-6(1)9/h1-6H;2*1-5H. The van der Waals surface area contributed by atoms with Crippen molar-refractivity contribution in [1.29, 1.82) is 0 Å².